The average molecular weight is 379 g/mol. The third kappa shape index (κ3) is 3.90. The zero-order valence-corrected chi connectivity index (χ0v) is 15.1. The first-order chi connectivity index (χ1) is 13.2. The average Bonchev–Trinajstić information content (AvgIpc) is 3.39. The molecular weight excluding hydrogens is 362 g/mol. The van der Waals surface area contributed by atoms with Crippen molar-refractivity contribution < 1.29 is 9.59 Å². The lowest BCUT2D eigenvalue weighted by molar-refractivity contribution is -0.111. The minimum absolute atomic E-state index is 0.194. The minimum atomic E-state index is -0.261. The van der Waals surface area contributed by atoms with Crippen molar-refractivity contribution in [3.05, 3.63) is 70.1 Å². The highest BCUT2D eigenvalue weighted by atomic mass is 32.1. The van der Waals surface area contributed by atoms with Gasteiger partial charge in [0.2, 0.25) is 5.91 Å². The molecule has 1 aliphatic rings. The Morgan fingerprint density at radius 3 is 2.78 bits per heavy atom. The molecule has 1 aliphatic heterocycles. The van der Waals surface area contributed by atoms with Crippen molar-refractivity contribution in [2.75, 3.05) is 10.6 Å². The number of hydrogen-bond acceptors (Lipinski definition) is 4. The Hall–Kier alpha value is -3.39. The number of para-hydroxylation sites is 1. The van der Waals surface area contributed by atoms with Gasteiger partial charge in [-0.2, -0.15) is 16.4 Å². The van der Waals surface area contributed by atoms with Crippen LogP contribution in [0.15, 0.2) is 53.2 Å². The van der Waals surface area contributed by atoms with Crippen LogP contribution in [0.2, 0.25) is 0 Å². The Labute approximate surface area is 159 Å². The van der Waals surface area contributed by atoms with E-state index in [9.17, 15) is 9.59 Å². The van der Waals surface area contributed by atoms with E-state index in [1.165, 1.54) is 6.08 Å². The number of thiophene rings is 1. The SMILES string of the molecule is O=C(/C=C/c1ccsc1)Nc1n[nH]c2c1CN(C(=O)Nc1ccccc1)C2. The molecular formula is C19H17N5O2S. The van der Waals surface area contributed by atoms with Crippen LogP contribution in [0.1, 0.15) is 16.8 Å². The van der Waals surface area contributed by atoms with Crippen LogP contribution in [0.4, 0.5) is 16.3 Å². The molecule has 0 fully saturated rings. The van der Waals surface area contributed by atoms with Crippen molar-refractivity contribution in [2.24, 2.45) is 0 Å². The number of benzene rings is 1. The maximum absolute atomic E-state index is 12.4. The maximum Gasteiger partial charge on any atom is 0.322 e. The molecule has 3 amide bonds. The van der Waals surface area contributed by atoms with E-state index in [1.54, 1.807) is 22.3 Å². The fourth-order valence-corrected chi connectivity index (χ4v) is 3.44. The van der Waals surface area contributed by atoms with Crippen LogP contribution < -0.4 is 10.6 Å². The highest BCUT2D eigenvalue weighted by Crippen LogP contribution is 2.27. The summed E-state index contributed by atoms with van der Waals surface area (Å²) in [6.07, 6.45) is 3.22. The molecule has 0 unspecified atom stereocenters. The van der Waals surface area contributed by atoms with Gasteiger partial charge < -0.3 is 15.5 Å². The van der Waals surface area contributed by atoms with Crippen molar-refractivity contribution in [3.63, 3.8) is 0 Å². The molecule has 3 aromatic rings. The van der Waals surface area contributed by atoms with E-state index < -0.39 is 0 Å². The minimum Gasteiger partial charge on any atom is -0.314 e. The summed E-state index contributed by atoms with van der Waals surface area (Å²) < 4.78 is 0. The molecule has 27 heavy (non-hydrogen) atoms. The van der Waals surface area contributed by atoms with Gasteiger partial charge in [0.05, 0.1) is 18.8 Å². The molecule has 4 rings (SSSR count). The summed E-state index contributed by atoms with van der Waals surface area (Å²) >= 11 is 1.57. The van der Waals surface area contributed by atoms with E-state index in [2.05, 4.69) is 20.8 Å². The number of H-pyrrole nitrogens is 1. The van der Waals surface area contributed by atoms with Crippen molar-refractivity contribution in [1.82, 2.24) is 15.1 Å². The van der Waals surface area contributed by atoms with Gasteiger partial charge in [-0.15, -0.1) is 0 Å². The number of urea groups is 1. The lowest BCUT2D eigenvalue weighted by Crippen LogP contribution is -2.30. The summed E-state index contributed by atoms with van der Waals surface area (Å²) in [5, 5.41) is 16.6. The predicted octanol–water partition coefficient (Wildman–Crippen LogP) is 3.67. The number of carbonyl (C=O) groups excluding carboxylic acids is 2. The fraction of sp³-hybridized carbons (Fsp3) is 0.105. The number of aromatic nitrogens is 2. The Balaban J connectivity index is 1.38. The van der Waals surface area contributed by atoms with Gasteiger partial charge in [0, 0.05) is 17.3 Å². The van der Waals surface area contributed by atoms with E-state index in [0.29, 0.717) is 18.9 Å². The monoisotopic (exact) mass is 379 g/mol. The molecule has 3 N–H and O–H groups in total. The lowest BCUT2D eigenvalue weighted by atomic mass is 10.2. The molecule has 0 saturated carbocycles. The van der Waals surface area contributed by atoms with Crippen LogP contribution in [-0.4, -0.2) is 27.0 Å². The number of nitrogens with zero attached hydrogens (tertiary/aromatic N) is 2. The largest absolute Gasteiger partial charge is 0.322 e. The molecule has 0 radical (unpaired) electrons. The van der Waals surface area contributed by atoms with Crippen molar-refractivity contribution in [1.29, 1.82) is 0 Å². The maximum atomic E-state index is 12.4. The third-order valence-electron chi connectivity index (χ3n) is 4.17. The zero-order chi connectivity index (χ0) is 18.6. The molecule has 7 nitrogen and oxygen atoms in total. The number of anilines is 2. The summed E-state index contributed by atoms with van der Waals surface area (Å²) in [5.41, 5.74) is 3.38. The topological polar surface area (TPSA) is 90.1 Å². The second-order valence-corrected chi connectivity index (χ2v) is 6.84. The van der Waals surface area contributed by atoms with Crippen molar-refractivity contribution in [2.45, 2.75) is 13.1 Å². The lowest BCUT2D eigenvalue weighted by Gasteiger charge is -2.16. The van der Waals surface area contributed by atoms with Gasteiger partial charge in [-0.05, 0) is 40.6 Å². The van der Waals surface area contributed by atoms with Gasteiger partial charge >= 0.3 is 6.03 Å². The molecule has 2 aromatic heterocycles. The number of fused-ring (bicyclic) bond motifs is 1. The Morgan fingerprint density at radius 1 is 1.15 bits per heavy atom. The second-order valence-electron chi connectivity index (χ2n) is 6.06. The Morgan fingerprint density at radius 2 is 2.00 bits per heavy atom. The zero-order valence-electron chi connectivity index (χ0n) is 14.3. The first-order valence-corrected chi connectivity index (χ1v) is 9.31. The van der Waals surface area contributed by atoms with E-state index in [1.807, 2.05) is 47.2 Å². The molecule has 0 bridgehead atoms. The second kappa shape index (κ2) is 7.46. The summed E-state index contributed by atoms with van der Waals surface area (Å²) in [4.78, 5) is 26.2. The standard InChI is InChI=1S/C19H17N5O2S/c25-17(7-6-13-8-9-27-12-13)21-18-15-10-24(11-16(15)22-23-18)19(26)20-14-4-2-1-3-5-14/h1-9,12H,10-11H2,(H,20,26)(H2,21,22,23,25)/b7-6+. The van der Waals surface area contributed by atoms with Crippen LogP contribution in [0.3, 0.4) is 0 Å². The Kier molecular flexibility index (Phi) is 4.71. The van der Waals surface area contributed by atoms with Gasteiger partial charge in [0.25, 0.3) is 0 Å². The van der Waals surface area contributed by atoms with Gasteiger partial charge in [-0.25, -0.2) is 4.79 Å². The number of rotatable bonds is 4. The van der Waals surface area contributed by atoms with Gasteiger partial charge in [-0.3, -0.25) is 9.89 Å². The molecule has 8 heteroatoms. The smallest absolute Gasteiger partial charge is 0.314 e. The molecule has 136 valence electrons. The predicted molar refractivity (Wildman–Crippen MR) is 105 cm³/mol. The van der Waals surface area contributed by atoms with Crippen LogP contribution >= 0.6 is 11.3 Å². The van der Waals surface area contributed by atoms with Crippen LogP contribution in [0, 0.1) is 0 Å². The quantitative estimate of drug-likeness (QED) is 0.604. The van der Waals surface area contributed by atoms with Crippen LogP contribution in [0.5, 0.6) is 0 Å². The number of nitrogens with one attached hydrogen (secondary N) is 3. The van der Waals surface area contributed by atoms with Crippen LogP contribution in [0.25, 0.3) is 6.08 Å². The third-order valence-corrected chi connectivity index (χ3v) is 4.88. The number of aromatic amines is 1. The number of hydrogen-bond donors (Lipinski definition) is 3. The Bertz CT molecular complexity index is 979. The summed E-state index contributed by atoms with van der Waals surface area (Å²) in [5.74, 6) is 0.197. The van der Waals surface area contributed by atoms with Crippen LogP contribution in [-0.2, 0) is 17.9 Å². The first kappa shape index (κ1) is 17.0. The summed E-state index contributed by atoms with van der Waals surface area (Å²) in [6.45, 7) is 0.802. The molecule has 0 spiro atoms. The van der Waals surface area contributed by atoms with E-state index in [0.717, 1.165) is 22.5 Å². The van der Waals surface area contributed by atoms with E-state index in [-0.39, 0.29) is 11.9 Å². The summed E-state index contributed by atoms with van der Waals surface area (Å²) in [6, 6.07) is 11.0. The number of amides is 3. The number of carbonyl (C=O) groups is 2. The molecule has 1 aromatic carbocycles. The van der Waals surface area contributed by atoms with Gasteiger partial charge in [0.1, 0.15) is 0 Å². The van der Waals surface area contributed by atoms with Gasteiger partial charge in [-0.1, -0.05) is 18.2 Å². The first-order valence-electron chi connectivity index (χ1n) is 8.37. The van der Waals surface area contributed by atoms with Crippen molar-refractivity contribution >= 4 is 40.9 Å². The highest BCUT2D eigenvalue weighted by Gasteiger charge is 2.28. The normalized spacial score (nSPS) is 13.0. The van der Waals surface area contributed by atoms with E-state index >= 15 is 0 Å². The van der Waals surface area contributed by atoms with Crippen molar-refractivity contribution in [3.8, 4) is 0 Å². The van der Waals surface area contributed by atoms with Gasteiger partial charge in [0.15, 0.2) is 5.82 Å². The highest BCUT2D eigenvalue weighted by molar-refractivity contribution is 7.08. The summed E-state index contributed by atoms with van der Waals surface area (Å²) in [7, 11) is 0. The molecule has 3 heterocycles. The van der Waals surface area contributed by atoms with E-state index in [4.69, 9.17) is 0 Å². The molecule has 0 aliphatic carbocycles. The molecule has 0 saturated heterocycles. The molecule has 0 atom stereocenters. The fourth-order valence-electron chi connectivity index (χ4n) is 2.81.